The van der Waals surface area contributed by atoms with E-state index < -0.39 is 0 Å². The molecule has 1 aliphatic heterocycles. The van der Waals surface area contributed by atoms with Crippen molar-refractivity contribution in [3.05, 3.63) is 63.9 Å². The topological polar surface area (TPSA) is 41.6 Å². The number of thiophene rings is 1. The molecule has 0 spiro atoms. The Morgan fingerprint density at radius 3 is 2.72 bits per heavy atom. The van der Waals surface area contributed by atoms with Crippen LogP contribution in [0.1, 0.15) is 22.0 Å². The number of ether oxygens (including phenoxy) is 1. The Morgan fingerprint density at radius 1 is 1.28 bits per heavy atom. The largest absolute Gasteiger partial charge is 0.379 e. The van der Waals surface area contributed by atoms with Crippen molar-refractivity contribution in [3.8, 4) is 0 Å². The van der Waals surface area contributed by atoms with E-state index in [0.29, 0.717) is 6.54 Å². The molecule has 1 N–H and O–H groups in total. The van der Waals surface area contributed by atoms with Crippen LogP contribution in [0.25, 0.3) is 6.08 Å². The van der Waals surface area contributed by atoms with Crippen molar-refractivity contribution in [2.45, 2.75) is 13.0 Å². The molecule has 0 aliphatic carbocycles. The predicted molar refractivity (Wildman–Crippen MR) is 103 cm³/mol. The first-order chi connectivity index (χ1) is 12.2. The molecule has 1 saturated heterocycles. The molecule has 1 aliphatic rings. The smallest absolute Gasteiger partial charge is 0.244 e. The summed E-state index contributed by atoms with van der Waals surface area (Å²) in [5.74, 6) is -0.0598. The summed E-state index contributed by atoms with van der Waals surface area (Å²) >= 11 is 1.74. The summed E-state index contributed by atoms with van der Waals surface area (Å²) < 4.78 is 5.45. The lowest BCUT2D eigenvalue weighted by Crippen LogP contribution is -2.43. The van der Waals surface area contributed by atoms with E-state index in [4.69, 9.17) is 4.74 Å². The van der Waals surface area contributed by atoms with Gasteiger partial charge in [-0.05, 0) is 30.0 Å². The zero-order chi connectivity index (χ0) is 17.5. The van der Waals surface area contributed by atoms with Crippen molar-refractivity contribution in [2.75, 3.05) is 32.8 Å². The molecule has 5 heteroatoms. The van der Waals surface area contributed by atoms with Crippen LogP contribution in [0.15, 0.2) is 47.9 Å². The number of hydrogen-bond acceptors (Lipinski definition) is 4. The van der Waals surface area contributed by atoms with Crippen molar-refractivity contribution in [2.24, 2.45) is 0 Å². The lowest BCUT2D eigenvalue weighted by atomic mass is 10.1. The summed E-state index contributed by atoms with van der Waals surface area (Å²) in [6.07, 6.45) is 3.46. The van der Waals surface area contributed by atoms with E-state index >= 15 is 0 Å². The third-order valence-electron chi connectivity index (χ3n) is 4.33. The van der Waals surface area contributed by atoms with E-state index in [0.717, 1.165) is 31.9 Å². The minimum absolute atomic E-state index is 0.0598. The molecule has 132 valence electrons. The lowest BCUT2D eigenvalue weighted by Gasteiger charge is -2.34. The first kappa shape index (κ1) is 17.9. The van der Waals surface area contributed by atoms with Crippen LogP contribution in [-0.4, -0.2) is 43.7 Å². The fraction of sp³-hybridized carbons (Fsp3) is 0.350. The summed E-state index contributed by atoms with van der Waals surface area (Å²) in [4.78, 5) is 15.9. The Balaban J connectivity index is 1.58. The van der Waals surface area contributed by atoms with E-state index in [9.17, 15) is 4.79 Å². The van der Waals surface area contributed by atoms with Gasteiger partial charge in [0.2, 0.25) is 5.91 Å². The number of nitrogens with one attached hydrogen (secondary N) is 1. The molecule has 0 bridgehead atoms. The Kier molecular flexibility index (Phi) is 6.39. The van der Waals surface area contributed by atoms with Crippen molar-refractivity contribution in [1.29, 1.82) is 0 Å². The van der Waals surface area contributed by atoms with E-state index in [1.54, 1.807) is 17.4 Å². The summed E-state index contributed by atoms with van der Waals surface area (Å²) in [6, 6.07) is 12.5. The summed E-state index contributed by atoms with van der Waals surface area (Å²) in [5, 5.41) is 5.13. The second-order valence-electron chi connectivity index (χ2n) is 6.17. The van der Waals surface area contributed by atoms with Crippen molar-refractivity contribution in [3.63, 3.8) is 0 Å². The molecule has 1 aromatic carbocycles. The Bertz CT molecular complexity index is 689. The number of rotatable bonds is 6. The number of carbonyl (C=O) groups excluding carboxylic acids is 1. The number of hydrogen-bond donors (Lipinski definition) is 1. The Morgan fingerprint density at radius 2 is 2.04 bits per heavy atom. The van der Waals surface area contributed by atoms with Crippen LogP contribution in [0, 0.1) is 6.92 Å². The van der Waals surface area contributed by atoms with E-state index in [2.05, 4.69) is 34.7 Å². The van der Waals surface area contributed by atoms with Gasteiger partial charge >= 0.3 is 0 Å². The minimum atomic E-state index is -0.0598. The van der Waals surface area contributed by atoms with Gasteiger partial charge in [-0.2, -0.15) is 0 Å². The number of amides is 1. The molecule has 3 rings (SSSR count). The van der Waals surface area contributed by atoms with Gasteiger partial charge in [0.05, 0.1) is 19.3 Å². The fourth-order valence-electron chi connectivity index (χ4n) is 2.89. The molecule has 1 unspecified atom stereocenters. The normalized spacial score (nSPS) is 16.8. The third-order valence-corrected chi connectivity index (χ3v) is 5.31. The van der Waals surface area contributed by atoms with Gasteiger partial charge in [0.15, 0.2) is 0 Å². The summed E-state index contributed by atoms with van der Waals surface area (Å²) in [7, 11) is 0. The average Bonchev–Trinajstić information content (AvgIpc) is 3.17. The van der Waals surface area contributed by atoms with Crippen molar-refractivity contribution in [1.82, 2.24) is 10.2 Å². The van der Waals surface area contributed by atoms with Gasteiger partial charge < -0.3 is 10.1 Å². The monoisotopic (exact) mass is 356 g/mol. The first-order valence-electron chi connectivity index (χ1n) is 8.60. The lowest BCUT2D eigenvalue weighted by molar-refractivity contribution is -0.116. The summed E-state index contributed by atoms with van der Waals surface area (Å²) in [5.41, 5.74) is 2.25. The summed E-state index contributed by atoms with van der Waals surface area (Å²) in [6.45, 7) is 5.97. The number of benzene rings is 1. The van der Waals surface area contributed by atoms with E-state index in [-0.39, 0.29) is 11.9 Å². The highest BCUT2D eigenvalue weighted by Crippen LogP contribution is 2.25. The molecule has 2 aromatic rings. The van der Waals surface area contributed by atoms with Gasteiger partial charge in [-0.15, -0.1) is 11.3 Å². The van der Waals surface area contributed by atoms with Crippen molar-refractivity contribution < 1.29 is 9.53 Å². The molecular formula is C20H24N2O2S. The number of aryl methyl sites for hydroxylation is 1. The zero-order valence-corrected chi connectivity index (χ0v) is 15.3. The molecule has 0 saturated carbocycles. The maximum absolute atomic E-state index is 12.2. The molecular weight excluding hydrogens is 332 g/mol. The van der Waals surface area contributed by atoms with Crippen LogP contribution in [0.4, 0.5) is 0 Å². The Labute approximate surface area is 153 Å². The van der Waals surface area contributed by atoms with Crippen LogP contribution in [0.3, 0.4) is 0 Å². The SMILES string of the molecule is Cc1ccc(/C=C/C(=O)NCC(c2cccs2)N2CCOCC2)cc1. The third kappa shape index (κ3) is 5.26. The highest BCUT2D eigenvalue weighted by atomic mass is 32.1. The molecule has 0 radical (unpaired) electrons. The number of nitrogens with zero attached hydrogens (tertiary/aromatic N) is 1. The van der Waals surface area contributed by atoms with Gasteiger partial charge in [-0.3, -0.25) is 9.69 Å². The maximum atomic E-state index is 12.2. The maximum Gasteiger partial charge on any atom is 0.244 e. The van der Waals surface area contributed by atoms with E-state index in [1.807, 2.05) is 30.3 Å². The van der Waals surface area contributed by atoms with Gasteiger partial charge in [0.1, 0.15) is 0 Å². The fourth-order valence-corrected chi connectivity index (χ4v) is 3.75. The highest BCUT2D eigenvalue weighted by molar-refractivity contribution is 7.10. The molecule has 25 heavy (non-hydrogen) atoms. The van der Waals surface area contributed by atoms with Crippen LogP contribution in [0.2, 0.25) is 0 Å². The molecule has 1 atom stereocenters. The van der Waals surface area contributed by atoms with Gasteiger partial charge in [-0.25, -0.2) is 0 Å². The van der Waals surface area contributed by atoms with Crippen molar-refractivity contribution >= 4 is 23.3 Å². The molecule has 4 nitrogen and oxygen atoms in total. The van der Waals surface area contributed by atoms with Gasteiger partial charge in [-0.1, -0.05) is 35.9 Å². The van der Waals surface area contributed by atoms with Crippen LogP contribution in [0.5, 0.6) is 0 Å². The molecule has 1 fully saturated rings. The van der Waals surface area contributed by atoms with Crippen LogP contribution >= 0.6 is 11.3 Å². The van der Waals surface area contributed by atoms with Gasteiger partial charge in [0.25, 0.3) is 0 Å². The number of carbonyl (C=O) groups is 1. The zero-order valence-electron chi connectivity index (χ0n) is 14.5. The first-order valence-corrected chi connectivity index (χ1v) is 9.48. The standard InChI is InChI=1S/C20H24N2O2S/c1-16-4-6-17(7-5-16)8-9-20(23)21-15-18(19-3-2-14-25-19)22-10-12-24-13-11-22/h2-9,14,18H,10-13,15H2,1H3,(H,21,23)/b9-8+. The molecule has 1 aromatic heterocycles. The van der Waals surface area contributed by atoms with E-state index in [1.165, 1.54) is 10.4 Å². The van der Waals surface area contributed by atoms with Crippen LogP contribution < -0.4 is 5.32 Å². The van der Waals surface area contributed by atoms with Crippen LogP contribution in [-0.2, 0) is 9.53 Å². The van der Waals surface area contributed by atoms with Gasteiger partial charge in [0, 0.05) is 30.6 Å². The second-order valence-corrected chi connectivity index (χ2v) is 7.15. The second kappa shape index (κ2) is 8.94. The highest BCUT2D eigenvalue weighted by Gasteiger charge is 2.23. The molecule has 1 amide bonds. The average molecular weight is 356 g/mol. The Hall–Kier alpha value is -1.95. The molecule has 2 heterocycles. The quantitative estimate of drug-likeness (QED) is 0.808. The predicted octanol–water partition coefficient (Wildman–Crippen LogP) is 3.26. The number of morpholine rings is 1. The minimum Gasteiger partial charge on any atom is -0.379 e.